The van der Waals surface area contributed by atoms with E-state index in [0.717, 1.165) is 48.2 Å². The van der Waals surface area contributed by atoms with E-state index in [9.17, 15) is 4.79 Å². The molecule has 0 spiro atoms. The van der Waals surface area contributed by atoms with Crippen LogP contribution in [0.2, 0.25) is 0 Å². The molecule has 1 aromatic heterocycles. The summed E-state index contributed by atoms with van der Waals surface area (Å²) in [5.74, 6) is 0.773. The number of fused-ring (bicyclic) bond motifs is 1. The fourth-order valence-electron chi connectivity index (χ4n) is 3.81. The highest BCUT2D eigenvalue weighted by molar-refractivity contribution is 9.10. The second kappa shape index (κ2) is 7.95. The fraction of sp³-hybridized carbons (Fsp3) is 0.524. The molecule has 0 radical (unpaired) electrons. The first-order chi connectivity index (χ1) is 12.4. The number of nitrogens with zero attached hydrogens (tertiary/aromatic N) is 3. The zero-order valence-corrected chi connectivity index (χ0v) is 17.8. The SMILES string of the molecule is Cc1nn(CC(C)C)c(C)c1CCC(=O)N1CCCc2cc(Br)ccc21. The summed E-state index contributed by atoms with van der Waals surface area (Å²) >= 11 is 3.53. The van der Waals surface area contributed by atoms with Crippen molar-refractivity contribution in [1.29, 1.82) is 0 Å². The number of rotatable bonds is 5. The van der Waals surface area contributed by atoms with Crippen molar-refractivity contribution in [2.24, 2.45) is 5.92 Å². The van der Waals surface area contributed by atoms with Gasteiger partial charge >= 0.3 is 0 Å². The molecule has 1 aromatic carbocycles. The van der Waals surface area contributed by atoms with Crippen LogP contribution in [-0.2, 0) is 24.2 Å². The second-order valence-electron chi connectivity index (χ2n) is 7.65. The van der Waals surface area contributed by atoms with Crippen molar-refractivity contribution in [1.82, 2.24) is 9.78 Å². The van der Waals surface area contributed by atoms with Crippen LogP contribution in [0.15, 0.2) is 22.7 Å². The lowest BCUT2D eigenvalue weighted by molar-refractivity contribution is -0.118. The van der Waals surface area contributed by atoms with Gasteiger partial charge in [-0.05, 0) is 68.4 Å². The Labute approximate surface area is 164 Å². The smallest absolute Gasteiger partial charge is 0.227 e. The van der Waals surface area contributed by atoms with Gasteiger partial charge in [0.05, 0.1) is 5.69 Å². The van der Waals surface area contributed by atoms with Crippen LogP contribution in [0.4, 0.5) is 5.69 Å². The minimum Gasteiger partial charge on any atom is -0.312 e. The van der Waals surface area contributed by atoms with Gasteiger partial charge in [0.15, 0.2) is 0 Å². The second-order valence-corrected chi connectivity index (χ2v) is 8.56. The number of hydrogen-bond donors (Lipinski definition) is 0. The van der Waals surface area contributed by atoms with E-state index in [-0.39, 0.29) is 5.91 Å². The summed E-state index contributed by atoms with van der Waals surface area (Å²) in [6.45, 7) is 10.3. The maximum atomic E-state index is 12.9. The number of carbonyl (C=O) groups excluding carboxylic acids is 1. The van der Waals surface area contributed by atoms with E-state index in [1.807, 2.05) is 11.0 Å². The monoisotopic (exact) mass is 417 g/mol. The minimum atomic E-state index is 0.212. The van der Waals surface area contributed by atoms with Gasteiger partial charge in [-0.15, -0.1) is 0 Å². The lowest BCUT2D eigenvalue weighted by Crippen LogP contribution is -2.35. The third kappa shape index (κ3) is 4.03. The highest BCUT2D eigenvalue weighted by atomic mass is 79.9. The van der Waals surface area contributed by atoms with Gasteiger partial charge in [0.25, 0.3) is 0 Å². The third-order valence-corrected chi connectivity index (χ3v) is 5.61. The van der Waals surface area contributed by atoms with Crippen molar-refractivity contribution in [3.63, 3.8) is 0 Å². The standard InChI is InChI=1S/C21H28BrN3O/c1-14(2)13-25-16(4)19(15(3)23-25)8-10-21(26)24-11-5-6-17-12-18(22)7-9-20(17)24/h7,9,12,14H,5-6,8,10-11,13H2,1-4H3. The van der Waals surface area contributed by atoms with E-state index >= 15 is 0 Å². The van der Waals surface area contributed by atoms with Crippen molar-refractivity contribution in [3.8, 4) is 0 Å². The summed E-state index contributed by atoms with van der Waals surface area (Å²) in [5.41, 5.74) is 5.82. The molecule has 5 heteroatoms. The van der Waals surface area contributed by atoms with Crippen LogP contribution >= 0.6 is 15.9 Å². The average molecular weight is 418 g/mol. The molecule has 1 amide bonds. The number of hydrogen-bond acceptors (Lipinski definition) is 2. The van der Waals surface area contributed by atoms with E-state index in [0.29, 0.717) is 12.3 Å². The lowest BCUT2D eigenvalue weighted by atomic mass is 10.0. The van der Waals surface area contributed by atoms with Crippen molar-refractivity contribution in [3.05, 3.63) is 45.2 Å². The molecular weight excluding hydrogens is 390 g/mol. The molecule has 2 aromatic rings. The number of amides is 1. The quantitative estimate of drug-likeness (QED) is 0.698. The maximum Gasteiger partial charge on any atom is 0.227 e. The molecule has 0 unspecified atom stereocenters. The Balaban J connectivity index is 1.72. The first-order valence-corrected chi connectivity index (χ1v) is 10.3. The van der Waals surface area contributed by atoms with Gasteiger partial charge in [-0.1, -0.05) is 29.8 Å². The van der Waals surface area contributed by atoms with Crippen LogP contribution in [0.5, 0.6) is 0 Å². The number of anilines is 1. The Hall–Kier alpha value is -1.62. The van der Waals surface area contributed by atoms with Gasteiger partial charge < -0.3 is 4.90 Å². The summed E-state index contributed by atoms with van der Waals surface area (Å²) in [7, 11) is 0. The number of aryl methyl sites for hydroxylation is 2. The number of aromatic nitrogens is 2. The van der Waals surface area contributed by atoms with Gasteiger partial charge in [0.1, 0.15) is 0 Å². The topological polar surface area (TPSA) is 38.1 Å². The molecule has 2 heterocycles. The van der Waals surface area contributed by atoms with Crippen molar-refractivity contribution < 1.29 is 4.79 Å². The summed E-state index contributed by atoms with van der Waals surface area (Å²) < 4.78 is 3.17. The maximum absolute atomic E-state index is 12.9. The number of benzene rings is 1. The molecule has 0 bridgehead atoms. The summed E-state index contributed by atoms with van der Waals surface area (Å²) in [4.78, 5) is 14.9. The molecule has 0 fully saturated rings. The van der Waals surface area contributed by atoms with E-state index in [1.165, 1.54) is 16.8 Å². The minimum absolute atomic E-state index is 0.212. The van der Waals surface area contributed by atoms with Gasteiger partial charge in [0, 0.05) is 35.4 Å². The lowest BCUT2D eigenvalue weighted by Gasteiger charge is -2.29. The molecule has 0 aliphatic carbocycles. The van der Waals surface area contributed by atoms with Gasteiger partial charge in [0.2, 0.25) is 5.91 Å². The Morgan fingerprint density at radius 1 is 1.31 bits per heavy atom. The predicted octanol–water partition coefficient (Wildman–Crippen LogP) is 4.83. The van der Waals surface area contributed by atoms with Gasteiger partial charge in [-0.3, -0.25) is 9.48 Å². The van der Waals surface area contributed by atoms with Crippen molar-refractivity contribution in [2.75, 3.05) is 11.4 Å². The first kappa shape index (κ1) is 19.2. The first-order valence-electron chi connectivity index (χ1n) is 9.48. The summed E-state index contributed by atoms with van der Waals surface area (Å²) in [5, 5.41) is 4.67. The van der Waals surface area contributed by atoms with Crippen LogP contribution in [0, 0.1) is 19.8 Å². The highest BCUT2D eigenvalue weighted by Gasteiger charge is 2.23. The molecule has 0 N–H and O–H groups in total. The molecule has 0 saturated carbocycles. The largest absolute Gasteiger partial charge is 0.312 e. The Morgan fingerprint density at radius 3 is 2.81 bits per heavy atom. The summed E-state index contributed by atoms with van der Waals surface area (Å²) in [6.07, 6.45) is 3.36. The van der Waals surface area contributed by atoms with E-state index in [4.69, 9.17) is 0 Å². The van der Waals surface area contributed by atoms with Crippen LogP contribution < -0.4 is 4.90 Å². The van der Waals surface area contributed by atoms with Crippen LogP contribution in [0.1, 0.15) is 49.2 Å². The Kier molecular flexibility index (Phi) is 5.86. The zero-order valence-electron chi connectivity index (χ0n) is 16.2. The van der Waals surface area contributed by atoms with Crippen molar-refractivity contribution >= 4 is 27.5 Å². The molecule has 1 aliphatic heterocycles. The fourth-order valence-corrected chi connectivity index (χ4v) is 4.22. The molecule has 1 aliphatic rings. The summed E-state index contributed by atoms with van der Waals surface area (Å²) in [6, 6.07) is 6.22. The number of halogens is 1. The van der Waals surface area contributed by atoms with Crippen LogP contribution in [0.25, 0.3) is 0 Å². The average Bonchev–Trinajstić information content (AvgIpc) is 2.84. The van der Waals surface area contributed by atoms with Gasteiger partial charge in [-0.25, -0.2) is 0 Å². The predicted molar refractivity (Wildman–Crippen MR) is 110 cm³/mol. The third-order valence-electron chi connectivity index (χ3n) is 5.12. The normalized spacial score (nSPS) is 14.0. The van der Waals surface area contributed by atoms with Crippen molar-refractivity contribution in [2.45, 2.75) is 59.9 Å². The molecular formula is C21H28BrN3O. The molecule has 0 atom stereocenters. The molecule has 4 nitrogen and oxygen atoms in total. The zero-order chi connectivity index (χ0) is 18.8. The van der Waals surface area contributed by atoms with E-state index in [2.05, 4.69) is 65.5 Å². The Morgan fingerprint density at radius 2 is 2.08 bits per heavy atom. The van der Waals surface area contributed by atoms with Crippen LogP contribution in [-0.4, -0.2) is 22.2 Å². The number of carbonyl (C=O) groups is 1. The van der Waals surface area contributed by atoms with E-state index < -0.39 is 0 Å². The highest BCUT2D eigenvalue weighted by Crippen LogP contribution is 2.30. The molecule has 3 rings (SSSR count). The molecule has 0 saturated heterocycles. The molecule has 140 valence electrons. The van der Waals surface area contributed by atoms with Crippen LogP contribution in [0.3, 0.4) is 0 Å². The Bertz CT molecular complexity index is 810. The molecule has 26 heavy (non-hydrogen) atoms. The van der Waals surface area contributed by atoms with E-state index in [1.54, 1.807) is 0 Å². The van der Waals surface area contributed by atoms with Gasteiger partial charge in [-0.2, -0.15) is 5.10 Å².